The third-order valence-electron chi connectivity index (χ3n) is 6.57. The largest absolute Gasteiger partial charge is 0.497 e. The zero-order valence-electron chi connectivity index (χ0n) is 22.8. The predicted molar refractivity (Wildman–Crippen MR) is 149 cm³/mol. The zero-order valence-corrected chi connectivity index (χ0v) is 22.8. The van der Waals surface area contributed by atoms with Crippen molar-refractivity contribution in [3.05, 3.63) is 83.9 Å². The number of benzene rings is 3. The molecule has 0 bridgehead atoms. The van der Waals surface area contributed by atoms with Crippen molar-refractivity contribution in [3.8, 4) is 11.5 Å². The molecule has 0 aliphatic rings. The fourth-order valence-corrected chi connectivity index (χ4v) is 4.43. The molecule has 4 aromatic rings. The SMILES string of the molecule is COc1ccc([C@@H](C(=O)NCCC(C)C)N(Cc2ccccc2OC)C(=O)Cn2nnc3ccccc32)cc1. The maximum atomic E-state index is 14.1. The molecule has 1 aromatic heterocycles. The number of carbonyl (C=O) groups is 2. The minimum atomic E-state index is -0.893. The van der Waals surface area contributed by atoms with Crippen molar-refractivity contribution in [2.45, 2.75) is 39.4 Å². The number of ether oxygens (including phenoxy) is 2. The molecular weight excluding hydrogens is 494 g/mol. The number of hydrogen-bond donors (Lipinski definition) is 1. The summed E-state index contributed by atoms with van der Waals surface area (Å²) in [7, 11) is 3.18. The van der Waals surface area contributed by atoms with Crippen LogP contribution in [0.4, 0.5) is 0 Å². The van der Waals surface area contributed by atoms with Crippen molar-refractivity contribution in [3.63, 3.8) is 0 Å². The van der Waals surface area contributed by atoms with Crippen LogP contribution in [-0.2, 0) is 22.7 Å². The summed E-state index contributed by atoms with van der Waals surface area (Å²) in [6, 6.07) is 21.3. The van der Waals surface area contributed by atoms with E-state index in [9.17, 15) is 9.59 Å². The second-order valence-corrected chi connectivity index (χ2v) is 9.72. The van der Waals surface area contributed by atoms with Gasteiger partial charge in [-0.2, -0.15) is 0 Å². The average Bonchev–Trinajstić information content (AvgIpc) is 3.35. The lowest BCUT2D eigenvalue weighted by atomic mass is 10.0. The van der Waals surface area contributed by atoms with E-state index < -0.39 is 6.04 Å². The van der Waals surface area contributed by atoms with Crippen LogP contribution in [0.15, 0.2) is 72.8 Å². The van der Waals surface area contributed by atoms with Gasteiger partial charge in [-0.3, -0.25) is 9.59 Å². The van der Waals surface area contributed by atoms with Crippen LogP contribution >= 0.6 is 0 Å². The van der Waals surface area contributed by atoms with Crippen molar-refractivity contribution in [1.29, 1.82) is 0 Å². The smallest absolute Gasteiger partial charge is 0.247 e. The van der Waals surface area contributed by atoms with Crippen LogP contribution in [0.25, 0.3) is 11.0 Å². The van der Waals surface area contributed by atoms with Gasteiger partial charge in [-0.25, -0.2) is 4.68 Å². The highest BCUT2D eigenvalue weighted by Crippen LogP contribution is 2.29. The van der Waals surface area contributed by atoms with Crippen LogP contribution in [0.1, 0.15) is 37.4 Å². The Morgan fingerprint density at radius 3 is 2.38 bits per heavy atom. The van der Waals surface area contributed by atoms with Gasteiger partial charge in [-0.1, -0.05) is 61.5 Å². The Bertz CT molecular complexity index is 1400. The summed E-state index contributed by atoms with van der Waals surface area (Å²) in [5.41, 5.74) is 2.89. The van der Waals surface area contributed by atoms with Crippen LogP contribution in [0.5, 0.6) is 11.5 Å². The molecule has 0 aliphatic carbocycles. The summed E-state index contributed by atoms with van der Waals surface area (Å²) in [5.74, 6) is 1.19. The van der Waals surface area contributed by atoms with E-state index in [0.717, 1.165) is 17.5 Å². The van der Waals surface area contributed by atoms with Gasteiger partial charge in [0.25, 0.3) is 0 Å². The van der Waals surface area contributed by atoms with Crippen LogP contribution in [-0.4, -0.2) is 52.5 Å². The standard InChI is InChI=1S/C30H35N5O4/c1-21(2)17-18-31-30(37)29(22-13-15-24(38-3)16-14-22)34(19-23-9-5-8-12-27(23)39-4)28(36)20-35-26-11-7-6-10-25(26)32-33-35/h5-16,21,29H,17-20H2,1-4H3,(H,31,37)/t29-/m0/s1. The number of nitrogens with one attached hydrogen (secondary N) is 1. The van der Waals surface area contributed by atoms with E-state index in [2.05, 4.69) is 29.5 Å². The van der Waals surface area contributed by atoms with E-state index in [-0.39, 0.29) is 24.9 Å². The first-order valence-electron chi connectivity index (χ1n) is 13.0. The number of fused-ring (bicyclic) bond motifs is 1. The minimum Gasteiger partial charge on any atom is -0.497 e. The molecule has 1 N–H and O–H groups in total. The molecule has 1 heterocycles. The Balaban J connectivity index is 1.75. The molecule has 39 heavy (non-hydrogen) atoms. The lowest BCUT2D eigenvalue weighted by molar-refractivity contribution is -0.142. The van der Waals surface area contributed by atoms with Crippen molar-refractivity contribution in [2.75, 3.05) is 20.8 Å². The molecule has 0 spiro atoms. The first-order valence-corrected chi connectivity index (χ1v) is 13.0. The summed E-state index contributed by atoms with van der Waals surface area (Å²) in [5, 5.41) is 11.4. The van der Waals surface area contributed by atoms with Crippen molar-refractivity contribution >= 4 is 22.8 Å². The number of aromatic nitrogens is 3. The monoisotopic (exact) mass is 529 g/mol. The fraction of sp³-hybridized carbons (Fsp3) is 0.333. The Labute approximate surface area is 228 Å². The van der Waals surface area contributed by atoms with Gasteiger partial charge in [0.2, 0.25) is 11.8 Å². The predicted octanol–water partition coefficient (Wildman–Crippen LogP) is 4.38. The molecule has 3 aromatic carbocycles. The highest BCUT2D eigenvalue weighted by atomic mass is 16.5. The lowest BCUT2D eigenvalue weighted by Crippen LogP contribution is -2.45. The van der Waals surface area contributed by atoms with Crippen LogP contribution in [0.3, 0.4) is 0 Å². The van der Waals surface area contributed by atoms with E-state index in [1.54, 1.807) is 35.9 Å². The molecule has 9 heteroatoms. The Kier molecular flexibility index (Phi) is 9.14. The lowest BCUT2D eigenvalue weighted by Gasteiger charge is -2.32. The van der Waals surface area contributed by atoms with Gasteiger partial charge < -0.3 is 19.7 Å². The number of para-hydroxylation sites is 2. The van der Waals surface area contributed by atoms with Crippen molar-refractivity contribution in [1.82, 2.24) is 25.2 Å². The first kappa shape index (κ1) is 27.6. The molecule has 0 unspecified atom stereocenters. The van der Waals surface area contributed by atoms with Gasteiger partial charge in [-0.15, -0.1) is 5.10 Å². The zero-order chi connectivity index (χ0) is 27.8. The van der Waals surface area contributed by atoms with Crippen LogP contribution in [0.2, 0.25) is 0 Å². The molecule has 1 atom stereocenters. The van der Waals surface area contributed by atoms with Crippen molar-refractivity contribution in [2.24, 2.45) is 5.92 Å². The average molecular weight is 530 g/mol. The normalized spacial score (nSPS) is 11.8. The summed E-state index contributed by atoms with van der Waals surface area (Å²) in [4.78, 5) is 29.4. The number of hydrogen-bond acceptors (Lipinski definition) is 6. The minimum absolute atomic E-state index is 0.0818. The second kappa shape index (κ2) is 12.9. The number of amides is 2. The second-order valence-electron chi connectivity index (χ2n) is 9.72. The van der Waals surface area contributed by atoms with E-state index in [0.29, 0.717) is 35.0 Å². The molecule has 0 aliphatic heterocycles. The van der Waals surface area contributed by atoms with E-state index in [4.69, 9.17) is 9.47 Å². The Morgan fingerprint density at radius 2 is 1.67 bits per heavy atom. The van der Waals surface area contributed by atoms with Crippen LogP contribution in [0, 0.1) is 5.92 Å². The summed E-state index contributed by atoms with van der Waals surface area (Å²) in [6.07, 6.45) is 0.826. The maximum Gasteiger partial charge on any atom is 0.247 e. The van der Waals surface area contributed by atoms with E-state index in [1.807, 2.05) is 60.7 Å². The maximum absolute atomic E-state index is 14.1. The summed E-state index contributed by atoms with van der Waals surface area (Å²) in [6.45, 7) is 4.79. The molecular formula is C30H35N5O4. The van der Waals surface area contributed by atoms with Gasteiger partial charge in [0, 0.05) is 12.1 Å². The molecule has 204 valence electrons. The highest BCUT2D eigenvalue weighted by molar-refractivity contribution is 5.89. The van der Waals surface area contributed by atoms with E-state index in [1.165, 1.54) is 0 Å². The van der Waals surface area contributed by atoms with Gasteiger partial charge in [0.15, 0.2) is 0 Å². The van der Waals surface area contributed by atoms with Gasteiger partial charge >= 0.3 is 0 Å². The van der Waals surface area contributed by atoms with Gasteiger partial charge in [0.1, 0.15) is 29.6 Å². The van der Waals surface area contributed by atoms with Gasteiger partial charge in [0.05, 0.1) is 26.3 Å². The molecule has 0 fully saturated rings. The summed E-state index contributed by atoms with van der Waals surface area (Å²) < 4.78 is 12.5. The Morgan fingerprint density at radius 1 is 0.949 bits per heavy atom. The first-order chi connectivity index (χ1) is 18.9. The number of rotatable bonds is 12. The number of nitrogens with zero attached hydrogens (tertiary/aromatic N) is 4. The molecule has 2 amide bonds. The quantitative estimate of drug-likeness (QED) is 0.292. The molecule has 0 saturated heterocycles. The Hall–Kier alpha value is -4.40. The molecule has 4 rings (SSSR count). The molecule has 0 saturated carbocycles. The molecule has 0 radical (unpaired) electrons. The third kappa shape index (κ3) is 6.73. The molecule has 9 nitrogen and oxygen atoms in total. The van der Waals surface area contributed by atoms with Crippen LogP contribution < -0.4 is 14.8 Å². The topological polar surface area (TPSA) is 98.6 Å². The van der Waals surface area contributed by atoms with Gasteiger partial charge in [-0.05, 0) is 48.2 Å². The fourth-order valence-electron chi connectivity index (χ4n) is 4.43. The third-order valence-corrected chi connectivity index (χ3v) is 6.57. The number of methoxy groups -OCH3 is 2. The summed E-state index contributed by atoms with van der Waals surface area (Å²) >= 11 is 0. The number of carbonyl (C=O) groups excluding carboxylic acids is 2. The van der Waals surface area contributed by atoms with Crippen molar-refractivity contribution < 1.29 is 19.1 Å². The highest BCUT2D eigenvalue weighted by Gasteiger charge is 2.32. The van der Waals surface area contributed by atoms with E-state index >= 15 is 0 Å².